The number of nitrogens with zero attached hydrogens (tertiary/aromatic N) is 1. The van der Waals surface area contributed by atoms with E-state index in [2.05, 4.69) is 5.32 Å². The van der Waals surface area contributed by atoms with E-state index in [1.165, 1.54) is 4.90 Å². The Kier molecular flexibility index (Phi) is 3.82. The summed E-state index contributed by atoms with van der Waals surface area (Å²) in [5.74, 6) is -1.03. The summed E-state index contributed by atoms with van der Waals surface area (Å²) in [6, 6.07) is 4.99. The molecule has 0 spiro atoms. The zero-order valence-electron chi connectivity index (χ0n) is 12.0. The molecule has 5 heteroatoms. The lowest BCUT2D eigenvalue weighted by Gasteiger charge is -2.34. The lowest BCUT2D eigenvalue weighted by atomic mass is 9.95. The van der Waals surface area contributed by atoms with Crippen molar-refractivity contribution in [2.45, 2.75) is 38.1 Å². The predicted molar refractivity (Wildman–Crippen MR) is 79.6 cm³/mol. The van der Waals surface area contributed by atoms with E-state index < -0.39 is 12.0 Å². The molecule has 2 heterocycles. The number of piperidine rings is 1. The molecule has 0 radical (unpaired) electrons. The molecule has 1 saturated heterocycles. The molecule has 3 rings (SSSR count). The molecule has 0 saturated carbocycles. The maximum atomic E-state index is 12.8. The molecule has 1 unspecified atom stereocenters. The van der Waals surface area contributed by atoms with Crippen LogP contribution in [0.1, 0.15) is 41.6 Å². The van der Waals surface area contributed by atoms with Crippen molar-refractivity contribution in [3.05, 3.63) is 29.3 Å². The summed E-state index contributed by atoms with van der Waals surface area (Å²) in [5, 5.41) is 12.6. The van der Waals surface area contributed by atoms with Gasteiger partial charge in [0.2, 0.25) is 0 Å². The number of carboxylic acids is 1. The number of amides is 1. The minimum Gasteiger partial charge on any atom is -0.480 e. The van der Waals surface area contributed by atoms with Crippen molar-refractivity contribution in [3.63, 3.8) is 0 Å². The van der Waals surface area contributed by atoms with Crippen molar-refractivity contribution in [1.29, 1.82) is 0 Å². The number of hydrogen-bond acceptors (Lipinski definition) is 3. The fourth-order valence-corrected chi connectivity index (χ4v) is 3.30. The smallest absolute Gasteiger partial charge is 0.326 e. The summed E-state index contributed by atoms with van der Waals surface area (Å²) in [5.41, 5.74) is 2.70. The van der Waals surface area contributed by atoms with Gasteiger partial charge in [-0.2, -0.15) is 0 Å². The first-order chi connectivity index (χ1) is 10.2. The number of aliphatic carboxylic acids is 1. The average Bonchev–Trinajstić information content (AvgIpc) is 2.53. The van der Waals surface area contributed by atoms with Crippen LogP contribution in [-0.4, -0.2) is 41.0 Å². The Hall–Kier alpha value is -2.04. The lowest BCUT2D eigenvalue weighted by molar-refractivity contribution is -0.143. The second-order valence-electron chi connectivity index (χ2n) is 5.71. The second-order valence-corrected chi connectivity index (χ2v) is 5.71. The van der Waals surface area contributed by atoms with E-state index in [0.717, 1.165) is 43.5 Å². The first kappa shape index (κ1) is 13.9. The van der Waals surface area contributed by atoms with Gasteiger partial charge in [-0.3, -0.25) is 4.79 Å². The standard InChI is InChI=1S/C16H20N2O3/c19-15(18-10-2-1-8-14(18)16(20)21)12-5-3-7-13-11(12)6-4-9-17-13/h3,5,7,14,17H,1-2,4,6,8-10H2,(H,20,21). The molecule has 1 amide bonds. The highest BCUT2D eigenvalue weighted by Gasteiger charge is 2.33. The van der Waals surface area contributed by atoms with E-state index in [-0.39, 0.29) is 5.91 Å². The molecule has 0 aliphatic carbocycles. The van der Waals surface area contributed by atoms with Crippen LogP contribution in [0.3, 0.4) is 0 Å². The largest absolute Gasteiger partial charge is 0.480 e. The van der Waals surface area contributed by atoms with Crippen LogP contribution in [0, 0.1) is 0 Å². The number of carboxylic acid groups (broad SMARTS) is 1. The minimum atomic E-state index is -0.897. The molecular weight excluding hydrogens is 268 g/mol. The van der Waals surface area contributed by atoms with Gasteiger partial charge in [0, 0.05) is 24.3 Å². The normalized spacial score (nSPS) is 21.3. The third-order valence-corrected chi connectivity index (χ3v) is 4.37. The number of rotatable bonds is 2. The molecule has 1 fully saturated rings. The highest BCUT2D eigenvalue weighted by atomic mass is 16.4. The topological polar surface area (TPSA) is 69.6 Å². The maximum absolute atomic E-state index is 12.8. The van der Waals surface area contributed by atoms with Gasteiger partial charge in [-0.15, -0.1) is 0 Å². The van der Waals surface area contributed by atoms with Crippen LogP contribution in [0.4, 0.5) is 5.69 Å². The van der Waals surface area contributed by atoms with Crippen molar-refractivity contribution in [1.82, 2.24) is 4.90 Å². The second kappa shape index (κ2) is 5.76. The predicted octanol–water partition coefficient (Wildman–Crippen LogP) is 2.12. The summed E-state index contributed by atoms with van der Waals surface area (Å²) in [6.07, 6.45) is 4.17. The third-order valence-electron chi connectivity index (χ3n) is 4.37. The minimum absolute atomic E-state index is 0.136. The Morgan fingerprint density at radius 2 is 2.10 bits per heavy atom. The van der Waals surface area contributed by atoms with Crippen LogP contribution in [0.15, 0.2) is 18.2 Å². The Bertz CT molecular complexity index is 571. The number of anilines is 1. The molecule has 112 valence electrons. The van der Waals surface area contributed by atoms with Gasteiger partial charge in [0.1, 0.15) is 6.04 Å². The number of hydrogen-bond donors (Lipinski definition) is 2. The van der Waals surface area contributed by atoms with Gasteiger partial charge in [0.25, 0.3) is 5.91 Å². The van der Waals surface area contributed by atoms with Crippen LogP contribution >= 0.6 is 0 Å². The molecule has 21 heavy (non-hydrogen) atoms. The van der Waals surface area contributed by atoms with E-state index in [1.807, 2.05) is 18.2 Å². The number of carbonyl (C=O) groups is 2. The summed E-state index contributed by atoms with van der Waals surface area (Å²) < 4.78 is 0. The summed E-state index contributed by atoms with van der Waals surface area (Å²) in [6.45, 7) is 1.46. The molecule has 1 aromatic rings. The molecule has 2 aliphatic heterocycles. The van der Waals surface area contributed by atoms with Crippen molar-refractivity contribution < 1.29 is 14.7 Å². The first-order valence-electron chi connectivity index (χ1n) is 7.58. The van der Waals surface area contributed by atoms with Gasteiger partial charge in [-0.05, 0) is 49.8 Å². The Morgan fingerprint density at radius 1 is 1.24 bits per heavy atom. The molecule has 0 aromatic heterocycles. The molecule has 0 bridgehead atoms. The SMILES string of the molecule is O=C(O)C1CCCCN1C(=O)c1cccc2c1CCCN2. The third kappa shape index (κ3) is 2.60. The highest BCUT2D eigenvalue weighted by Crippen LogP contribution is 2.28. The fourth-order valence-electron chi connectivity index (χ4n) is 3.30. The van der Waals surface area contributed by atoms with E-state index in [4.69, 9.17) is 0 Å². The molecule has 2 N–H and O–H groups in total. The zero-order chi connectivity index (χ0) is 14.8. The number of carbonyl (C=O) groups excluding carboxylic acids is 1. The number of benzene rings is 1. The quantitative estimate of drug-likeness (QED) is 0.874. The summed E-state index contributed by atoms with van der Waals surface area (Å²) in [7, 11) is 0. The van der Waals surface area contributed by atoms with E-state index >= 15 is 0 Å². The van der Waals surface area contributed by atoms with Gasteiger partial charge in [0.05, 0.1) is 0 Å². The maximum Gasteiger partial charge on any atom is 0.326 e. The van der Waals surface area contributed by atoms with Gasteiger partial charge in [-0.25, -0.2) is 4.79 Å². The monoisotopic (exact) mass is 288 g/mol. The van der Waals surface area contributed by atoms with Crippen molar-refractivity contribution in [2.75, 3.05) is 18.4 Å². The van der Waals surface area contributed by atoms with Gasteiger partial charge in [-0.1, -0.05) is 6.07 Å². The van der Waals surface area contributed by atoms with Crippen molar-refractivity contribution in [2.24, 2.45) is 0 Å². The zero-order valence-corrected chi connectivity index (χ0v) is 12.0. The van der Waals surface area contributed by atoms with Crippen molar-refractivity contribution >= 4 is 17.6 Å². The lowest BCUT2D eigenvalue weighted by Crippen LogP contribution is -2.48. The van der Waals surface area contributed by atoms with Crippen LogP contribution in [0.5, 0.6) is 0 Å². The molecule has 2 aliphatic rings. The van der Waals surface area contributed by atoms with Crippen LogP contribution < -0.4 is 5.32 Å². The van der Waals surface area contributed by atoms with Crippen molar-refractivity contribution in [3.8, 4) is 0 Å². The Morgan fingerprint density at radius 3 is 2.90 bits per heavy atom. The van der Waals surface area contributed by atoms with Gasteiger partial charge < -0.3 is 15.3 Å². The van der Waals surface area contributed by atoms with E-state index in [0.29, 0.717) is 18.5 Å². The molecule has 1 aromatic carbocycles. The van der Waals surface area contributed by atoms with Gasteiger partial charge in [0.15, 0.2) is 0 Å². The number of likely N-dealkylation sites (tertiary alicyclic amines) is 1. The molecule has 1 atom stereocenters. The van der Waals surface area contributed by atoms with Crippen LogP contribution in [-0.2, 0) is 11.2 Å². The molecule has 5 nitrogen and oxygen atoms in total. The summed E-state index contributed by atoms with van der Waals surface area (Å²) >= 11 is 0. The van der Waals surface area contributed by atoms with Crippen LogP contribution in [0.25, 0.3) is 0 Å². The molecular formula is C16H20N2O3. The van der Waals surface area contributed by atoms with E-state index in [9.17, 15) is 14.7 Å². The first-order valence-corrected chi connectivity index (χ1v) is 7.58. The van der Waals surface area contributed by atoms with Crippen LogP contribution in [0.2, 0.25) is 0 Å². The average molecular weight is 288 g/mol. The van der Waals surface area contributed by atoms with E-state index in [1.54, 1.807) is 0 Å². The number of nitrogens with one attached hydrogen (secondary N) is 1. The Labute approximate surface area is 123 Å². The summed E-state index contributed by atoms with van der Waals surface area (Å²) in [4.78, 5) is 25.7. The van der Waals surface area contributed by atoms with Gasteiger partial charge >= 0.3 is 5.97 Å². The number of fused-ring (bicyclic) bond motifs is 1. The highest BCUT2D eigenvalue weighted by molar-refractivity contribution is 5.99. The Balaban J connectivity index is 1.92. The fraction of sp³-hybridized carbons (Fsp3) is 0.500.